The number of anilines is 1. The average Bonchev–Trinajstić information content (AvgIpc) is 3.49. The van der Waals surface area contributed by atoms with E-state index in [1.165, 1.54) is 12.1 Å². The number of piperazine rings is 1. The molecule has 5 heterocycles. The van der Waals surface area contributed by atoms with Crippen molar-refractivity contribution in [2.75, 3.05) is 51.6 Å². The molecular weight excluding hydrogens is 951 g/mol. The molecule has 5 aromatic rings. The van der Waals surface area contributed by atoms with E-state index in [1.807, 2.05) is 77.5 Å². The van der Waals surface area contributed by atoms with Crippen LogP contribution in [0.4, 0.5) is 10.1 Å². The molecule has 2 unspecified atom stereocenters. The standard InChI is InChI=1S/C58H65Cl2FN6O5/c1-56(2)37-65(28-25-58(56,71)41-12-16-43(59)17-13-41)27-6-7-48-49-29-42(57(3,4)70)14-22-52(49)72-36-51-55(48)40(24-26-62-51)32-64(5)35-53(68)63-50-30-44(60)15-10-39(50)11-23-54(69)67-46-20-21-47(67)34-66(33-46)31-38-8-18-45(61)19-9-38/h7-19,22-24,26,29-30,46-47,70-71H,6,20-21,25,27-28,31-37H2,1-5H3,(H,63,68)/b23-11+,48-7+/t46?,47?,58-/m0/s1. The number of nitrogens with one attached hydrogen (secondary N) is 1. The Morgan fingerprint density at radius 2 is 1.68 bits per heavy atom. The van der Waals surface area contributed by atoms with Gasteiger partial charge in [0.15, 0.2) is 0 Å². The van der Waals surface area contributed by atoms with Crippen molar-refractivity contribution in [1.82, 2.24) is 24.6 Å². The van der Waals surface area contributed by atoms with Crippen molar-refractivity contribution in [3.8, 4) is 5.75 Å². The van der Waals surface area contributed by atoms with Crippen LogP contribution in [0.5, 0.6) is 5.75 Å². The summed E-state index contributed by atoms with van der Waals surface area (Å²) in [4.78, 5) is 41.2. The van der Waals surface area contributed by atoms with E-state index in [0.717, 1.165) is 83.7 Å². The maximum atomic E-state index is 13.9. The SMILES string of the molecule is CN(CC(=O)Nc1cc(Cl)ccc1/C=C/C(=O)N1C2CCC1CN(Cc1ccc(F)cc1)C2)Cc1ccnc2c1/C(=C/CCN1CC[C@](O)(c3ccc(Cl)cc3)C(C)(C)C1)c1cc(C(C)(C)O)ccc1OC2. The molecule has 0 radical (unpaired) electrons. The third kappa shape index (κ3) is 11.4. The molecule has 4 aromatic carbocycles. The Hall–Kier alpha value is -5.44. The van der Waals surface area contributed by atoms with E-state index in [-0.39, 0.29) is 42.9 Å². The summed E-state index contributed by atoms with van der Waals surface area (Å²) in [6, 6.07) is 27.4. The van der Waals surface area contributed by atoms with Gasteiger partial charge in [-0.2, -0.15) is 0 Å². The summed E-state index contributed by atoms with van der Waals surface area (Å²) in [6.45, 7) is 12.9. The highest BCUT2D eigenvalue weighted by molar-refractivity contribution is 6.31. The van der Waals surface area contributed by atoms with Crippen LogP contribution in [0.1, 0.15) is 98.0 Å². The van der Waals surface area contributed by atoms with Gasteiger partial charge in [-0.15, -0.1) is 0 Å². The van der Waals surface area contributed by atoms with Crippen LogP contribution in [-0.2, 0) is 40.5 Å². The molecule has 14 heteroatoms. The van der Waals surface area contributed by atoms with Crippen LogP contribution in [0.15, 0.2) is 109 Å². The number of carbonyl (C=O) groups is 2. The molecule has 2 bridgehead atoms. The van der Waals surface area contributed by atoms with Crippen LogP contribution in [0.3, 0.4) is 0 Å². The molecule has 0 aliphatic carbocycles. The van der Waals surface area contributed by atoms with Crippen molar-refractivity contribution in [2.45, 2.75) is 96.4 Å². The minimum absolute atomic E-state index is 0.0549. The van der Waals surface area contributed by atoms with Crippen molar-refractivity contribution in [2.24, 2.45) is 5.41 Å². The lowest BCUT2D eigenvalue weighted by Gasteiger charge is -2.50. The molecular formula is C58H65Cl2FN6O5. The molecule has 11 nitrogen and oxygen atoms in total. The Bertz CT molecular complexity index is 2850. The van der Waals surface area contributed by atoms with Gasteiger partial charge in [-0.25, -0.2) is 4.39 Å². The summed E-state index contributed by atoms with van der Waals surface area (Å²) in [5, 5.41) is 27.4. The summed E-state index contributed by atoms with van der Waals surface area (Å²) in [7, 11) is 1.90. The van der Waals surface area contributed by atoms with Gasteiger partial charge in [0.2, 0.25) is 11.8 Å². The molecule has 3 N–H and O–H groups in total. The molecule has 0 saturated carbocycles. The Kier molecular flexibility index (Phi) is 15.1. The zero-order chi connectivity index (χ0) is 51.0. The van der Waals surface area contributed by atoms with Gasteiger partial charge in [0.05, 0.1) is 23.4 Å². The number of amides is 2. The third-order valence-electron chi connectivity index (χ3n) is 15.0. The minimum Gasteiger partial charge on any atom is -0.487 e. The van der Waals surface area contributed by atoms with Crippen LogP contribution in [0.25, 0.3) is 11.6 Å². The molecule has 9 rings (SSSR count). The number of halogens is 3. The molecule has 2 amide bonds. The second-order valence-corrected chi connectivity index (χ2v) is 22.1. The van der Waals surface area contributed by atoms with Crippen molar-refractivity contribution in [1.29, 1.82) is 0 Å². The van der Waals surface area contributed by atoms with E-state index in [4.69, 9.17) is 32.9 Å². The number of benzene rings is 4. The molecule has 378 valence electrons. The fourth-order valence-corrected chi connectivity index (χ4v) is 11.6. The first kappa shape index (κ1) is 51.5. The zero-order valence-electron chi connectivity index (χ0n) is 41.8. The number of likely N-dealkylation sites (tertiary alicyclic amines) is 2. The highest BCUT2D eigenvalue weighted by Crippen LogP contribution is 2.47. The number of rotatable bonds is 14. The number of hydrogen-bond acceptors (Lipinski definition) is 9. The summed E-state index contributed by atoms with van der Waals surface area (Å²) in [5.74, 6) is 0.130. The molecule has 72 heavy (non-hydrogen) atoms. The molecule has 1 aromatic heterocycles. The summed E-state index contributed by atoms with van der Waals surface area (Å²) in [6.07, 6.45) is 10.5. The number of piperidine rings is 1. The first-order chi connectivity index (χ1) is 34.3. The summed E-state index contributed by atoms with van der Waals surface area (Å²) in [5.41, 5.74) is 5.78. The number of likely N-dealkylation sites (N-methyl/N-ethyl adjacent to an activating group) is 1. The Morgan fingerprint density at radius 1 is 0.958 bits per heavy atom. The normalized spacial score (nSPS) is 21.7. The van der Waals surface area contributed by atoms with Gasteiger partial charge in [-0.3, -0.25) is 24.4 Å². The van der Waals surface area contributed by atoms with E-state index in [9.17, 15) is 24.2 Å². The van der Waals surface area contributed by atoms with Gasteiger partial charge in [0.1, 0.15) is 18.2 Å². The van der Waals surface area contributed by atoms with E-state index < -0.39 is 16.6 Å². The number of hydrogen-bond donors (Lipinski definition) is 3. The van der Waals surface area contributed by atoms with Crippen LogP contribution in [-0.4, -0.2) is 105 Å². The maximum Gasteiger partial charge on any atom is 0.247 e. The molecule has 4 aliphatic rings. The van der Waals surface area contributed by atoms with Gasteiger partial charge in [-0.05, 0) is 141 Å². The Labute approximate surface area is 432 Å². The molecule has 3 atom stereocenters. The zero-order valence-corrected chi connectivity index (χ0v) is 43.3. The lowest BCUT2D eigenvalue weighted by atomic mass is 9.66. The van der Waals surface area contributed by atoms with Crippen LogP contribution in [0.2, 0.25) is 10.0 Å². The quantitative estimate of drug-likeness (QED) is 0.0934. The van der Waals surface area contributed by atoms with Gasteiger partial charge in [0, 0.05) is 102 Å². The lowest BCUT2D eigenvalue weighted by Crippen LogP contribution is -2.55. The van der Waals surface area contributed by atoms with Gasteiger partial charge >= 0.3 is 0 Å². The first-order valence-electron chi connectivity index (χ1n) is 25.0. The Morgan fingerprint density at radius 3 is 2.39 bits per heavy atom. The maximum absolute atomic E-state index is 13.9. The largest absolute Gasteiger partial charge is 0.487 e. The fourth-order valence-electron chi connectivity index (χ4n) is 11.3. The summed E-state index contributed by atoms with van der Waals surface area (Å²) < 4.78 is 19.9. The summed E-state index contributed by atoms with van der Waals surface area (Å²) >= 11 is 12.7. The van der Waals surface area contributed by atoms with E-state index >= 15 is 0 Å². The number of pyridine rings is 1. The Balaban J connectivity index is 0.891. The van der Waals surface area contributed by atoms with Crippen LogP contribution < -0.4 is 10.1 Å². The molecule has 4 aliphatic heterocycles. The fraction of sp³-hybridized carbons (Fsp3) is 0.397. The van der Waals surface area contributed by atoms with E-state index in [0.29, 0.717) is 59.5 Å². The number of aromatic nitrogens is 1. The van der Waals surface area contributed by atoms with Crippen LogP contribution >= 0.6 is 23.2 Å². The highest BCUT2D eigenvalue weighted by atomic mass is 35.5. The smallest absolute Gasteiger partial charge is 0.247 e. The molecule has 0 spiro atoms. The van der Waals surface area contributed by atoms with Gasteiger partial charge in [0.25, 0.3) is 0 Å². The van der Waals surface area contributed by atoms with Crippen molar-refractivity contribution in [3.05, 3.63) is 170 Å². The van der Waals surface area contributed by atoms with Crippen molar-refractivity contribution >= 4 is 52.4 Å². The van der Waals surface area contributed by atoms with E-state index in [2.05, 4.69) is 35.0 Å². The monoisotopic (exact) mass is 1010 g/mol. The second kappa shape index (κ2) is 21.2. The predicted molar refractivity (Wildman–Crippen MR) is 283 cm³/mol. The number of fused-ring (bicyclic) bond motifs is 4. The number of aliphatic hydroxyl groups is 2. The lowest BCUT2D eigenvalue weighted by molar-refractivity contribution is -0.131. The number of carbonyl (C=O) groups excluding carboxylic acids is 2. The van der Waals surface area contributed by atoms with Crippen LogP contribution in [0, 0.1) is 11.2 Å². The molecule has 3 saturated heterocycles. The number of nitrogens with zero attached hydrogens (tertiary/aromatic N) is 5. The third-order valence-corrected chi connectivity index (χ3v) is 15.5. The minimum atomic E-state index is -1.10. The number of ether oxygens (including phenoxy) is 1. The highest BCUT2D eigenvalue weighted by Gasteiger charge is 2.48. The average molecular weight is 1020 g/mol. The van der Waals surface area contributed by atoms with Gasteiger partial charge < -0.3 is 30.1 Å². The molecule has 3 fully saturated rings. The first-order valence-corrected chi connectivity index (χ1v) is 25.7. The van der Waals surface area contributed by atoms with Crippen molar-refractivity contribution < 1.29 is 28.9 Å². The predicted octanol–water partition coefficient (Wildman–Crippen LogP) is 10.0. The topological polar surface area (TPSA) is 122 Å². The van der Waals surface area contributed by atoms with Crippen molar-refractivity contribution in [3.63, 3.8) is 0 Å². The van der Waals surface area contributed by atoms with Gasteiger partial charge in [-0.1, -0.05) is 79.5 Å². The second-order valence-electron chi connectivity index (χ2n) is 21.3. The van der Waals surface area contributed by atoms with E-state index in [1.54, 1.807) is 50.4 Å².